The normalized spacial score (nSPS) is 12.6. The van der Waals surface area contributed by atoms with E-state index < -0.39 is 0 Å². The van der Waals surface area contributed by atoms with Crippen LogP contribution < -0.4 is 11.1 Å². The fraction of sp³-hybridized carbons (Fsp3) is 0.375. The quantitative estimate of drug-likeness (QED) is 0.709. The zero-order chi connectivity index (χ0) is 8.97. The van der Waals surface area contributed by atoms with Crippen molar-refractivity contribution in [2.75, 3.05) is 11.9 Å². The summed E-state index contributed by atoms with van der Waals surface area (Å²) >= 11 is 0. The van der Waals surface area contributed by atoms with Crippen molar-refractivity contribution in [2.24, 2.45) is 5.73 Å². The van der Waals surface area contributed by atoms with Crippen molar-refractivity contribution in [2.45, 2.75) is 13.0 Å². The molecule has 3 N–H and O–H groups in total. The third-order valence-corrected chi connectivity index (χ3v) is 1.50. The number of pyridine rings is 1. The minimum Gasteiger partial charge on any atom is -0.364 e. The van der Waals surface area contributed by atoms with Crippen molar-refractivity contribution in [3.63, 3.8) is 0 Å². The molecule has 0 bridgehead atoms. The van der Waals surface area contributed by atoms with Crippen molar-refractivity contribution < 1.29 is 4.39 Å². The number of hydrogen-bond acceptors (Lipinski definition) is 3. The fourth-order valence-corrected chi connectivity index (χ4v) is 0.784. The van der Waals surface area contributed by atoms with Gasteiger partial charge in [-0.3, -0.25) is 0 Å². The number of halogens is 1. The summed E-state index contributed by atoms with van der Waals surface area (Å²) in [7, 11) is 0. The molecule has 0 radical (unpaired) electrons. The van der Waals surface area contributed by atoms with Gasteiger partial charge in [-0.2, -0.15) is 0 Å². The van der Waals surface area contributed by atoms with Gasteiger partial charge in [-0.25, -0.2) is 9.37 Å². The Hall–Kier alpha value is -1.16. The van der Waals surface area contributed by atoms with E-state index in [0.717, 1.165) is 0 Å². The Labute approximate surface area is 70.8 Å². The monoisotopic (exact) mass is 169 g/mol. The minimum atomic E-state index is -0.349. The van der Waals surface area contributed by atoms with Crippen molar-refractivity contribution in [1.82, 2.24) is 4.98 Å². The molecule has 1 atom stereocenters. The van der Waals surface area contributed by atoms with Crippen LogP contribution in [0.3, 0.4) is 0 Å². The maximum atomic E-state index is 12.9. The topological polar surface area (TPSA) is 50.9 Å². The second-order valence-electron chi connectivity index (χ2n) is 2.61. The lowest BCUT2D eigenvalue weighted by Crippen LogP contribution is -2.26. The van der Waals surface area contributed by atoms with Gasteiger partial charge in [-0.05, 0) is 19.1 Å². The Kier molecular flexibility index (Phi) is 2.99. The summed E-state index contributed by atoms with van der Waals surface area (Å²) < 4.78 is 12.9. The molecule has 0 spiro atoms. The van der Waals surface area contributed by atoms with Gasteiger partial charge in [0.2, 0.25) is 0 Å². The predicted molar refractivity (Wildman–Crippen MR) is 46.3 cm³/mol. The van der Waals surface area contributed by atoms with E-state index in [0.29, 0.717) is 6.54 Å². The van der Waals surface area contributed by atoms with Crippen LogP contribution in [0.2, 0.25) is 0 Å². The number of aromatic nitrogens is 1. The Bertz CT molecular complexity index is 252. The van der Waals surface area contributed by atoms with Crippen molar-refractivity contribution >= 4 is 5.82 Å². The third kappa shape index (κ3) is 2.17. The van der Waals surface area contributed by atoms with Crippen molar-refractivity contribution in [3.8, 4) is 0 Å². The molecule has 0 fully saturated rings. The van der Waals surface area contributed by atoms with E-state index in [1.165, 1.54) is 12.3 Å². The standard InChI is InChI=1S/C8H12FN3/c1-6(5-10)12-8-7(9)3-2-4-11-8/h2-4,6H,5,10H2,1H3,(H,11,12). The summed E-state index contributed by atoms with van der Waals surface area (Å²) in [6.07, 6.45) is 1.54. The summed E-state index contributed by atoms with van der Waals surface area (Å²) in [5.74, 6) is -0.0896. The number of nitrogens with two attached hydrogens (primary N) is 1. The highest BCUT2D eigenvalue weighted by atomic mass is 19.1. The van der Waals surface area contributed by atoms with Gasteiger partial charge in [-0.1, -0.05) is 0 Å². The largest absolute Gasteiger partial charge is 0.364 e. The van der Waals surface area contributed by atoms with Gasteiger partial charge < -0.3 is 11.1 Å². The van der Waals surface area contributed by atoms with Gasteiger partial charge in [0.05, 0.1) is 0 Å². The minimum absolute atomic E-state index is 0.0365. The number of nitrogens with one attached hydrogen (secondary N) is 1. The molecule has 0 saturated heterocycles. The number of hydrogen-bond donors (Lipinski definition) is 2. The second kappa shape index (κ2) is 4.01. The highest BCUT2D eigenvalue weighted by Crippen LogP contribution is 2.08. The van der Waals surface area contributed by atoms with E-state index in [1.54, 1.807) is 6.07 Å². The van der Waals surface area contributed by atoms with Gasteiger partial charge in [0.15, 0.2) is 11.6 Å². The molecule has 0 aromatic carbocycles. The molecule has 0 saturated carbocycles. The maximum absolute atomic E-state index is 12.9. The SMILES string of the molecule is CC(CN)Nc1ncccc1F. The zero-order valence-corrected chi connectivity index (χ0v) is 6.92. The van der Waals surface area contributed by atoms with E-state index in [-0.39, 0.29) is 17.7 Å². The molecule has 1 aromatic rings. The molecule has 1 aromatic heterocycles. The lowest BCUT2D eigenvalue weighted by atomic mass is 10.3. The van der Waals surface area contributed by atoms with E-state index in [1.807, 2.05) is 6.92 Å². The molecule has 1 rings (SSSR count). The van der Waals surface area contributed by atoms with E-state index >= 15 is 0 Å². The van der Waals surface area contributed by atoms with Crippen LogP contribution >= 0.6 is 0 Å². The van der Waals surface area contributed by atoms with Crippen LogP contribution in [0.1, 0.15) is 6.92 Å². The molecular weight excluding hydrogens is 157 g/mol. The van der Waals surface area contributed by atoms with Gasteiger partial charge >= 0.3 is 0 Å². The summed E-state index contributed by atoms with van der Waals surface area (Å²) in [6, 6.07) is 2.95. The molecule has 66 valence electrons. The van der Waals surface area contributed by atoms with Crippen molar-refractivity contribution in [1.29, 1.82) is 0 Å². The average Bonchev–Trinajstić information content (AvgIpc) is 2.09. The third-order valence-electron chi connectivity index (χ3n) is 1.50. The first kappa shape index (κ1) is 8.93. The smallest absolute Gasteiger partial charge is 0.165 e. The van der Waals surface area contributed by atoms with Crippen LogP contribution in [0.5, 0.6) is 0 Å². The van der Waals surface area contributed by atoms with Crippen LogP contribution in [-0.4, -0.2) is 17.6 Å². The Balaban J connectivity index is 2.69. The molecule has 1 unspecified atom stereocenters. The molecule has 0 amide bonds. The lowest BCUT2D eigenvalue weighted by Gasteiger charge is -2.11. The fourth-order valence-electron chi connectivity index (χ4n) is 0.784. The van der Waals surface area contributed by atoms with Gasteiger partial charge in [-0.15, -0.1) is 0 Å². The molecule has 4 heteroatoms. The predicted octanol–water partition coefficient (Wildman–Crippen LogP) is 0.980. The number of anilines is 1. The molecular formula is C8H12FN3. The first-order chi connectivity index (χ1) is 5.74. The number of rotatable bonds is 3. The van der Waals surface area contributed by atoms with E-state index in [4.69, 9.17) is 5.73 Å². The lowest BCUT2D eigenvalue weighted by molar-refractivity contribution is 0.620. The van der Waals surface area contributed by atoms with E-state index in [9.17, 15) is 4.39 Å². The molecule has 0 aliphatic heterocycles. The summed E-state index contributed by atoms with van der Waals surface area (Å²) in [4.78, 5) is 3.82. The van der Waals surface area contributed by atoms with Crippen LogP contribution in [0.25, 0.3) is 0 Å². The Morgan fingerprint density at radius 2 is 2.50 bits per heavy atom. The molecule has 12 heavy (non-hydrogen) atoms. The van der Waals surface area contributed by atoms with Gasteiger partial charge in [0.1, 0.15) is 0 Å². The van der Waals surface area contributed by atoms with Crippen LogP contribution in [0.15, 0.2) is 18.3 Å². The molecule has 0 aliphatic rings. The van der Waals surface area contributed by atoms with Gasteiger partial charge in [0, 0.05) is 18.8 Å². The first-order valence-electron chi connectivity index (χ1n) is 3.81. The van der Waals surface area contributed by atoms with Crippen LogP contribution in [-0.2, 0) is 0 Å². The maximum Gasteiger partial charge on any atom is 0.165 e. The highest BCUT2D eigenvalue weighted by Gasteiger charge is 2.04. The van der Waals surface area contributed by atoms with Crippen LogP contribution in [0, 0.1) is 5.82 Å². The second-order valence-corrected chi connectivity index (χ2v) is 2.61. The number of nitrogens with zero attached hydrogens (tertiary/aromatic N) is 1. The molecule has 1 heterocycles. The van der Waals surface area contributed by atoms with Gasteiger partial charge in [0.25, 0.3) is 0 Å². The first-order valence-corrected chi connectivity index (χ1v) is 3.81. The molecule has 0 aliphatic carbocycles. The average molecular weight is 169 g/mol. The zero-order valence-electron chi connectivity index (χ0n) is 6.92. The van der Waals surface area contributed by atoms with E-state index in [2.05, 4.69) is 10.3 Å². The van der Waals surface area contributed by atoms with Crippen molar-refractivity contribution in [3.05, 3.63) is 24.1 Å². The Morgan fingerprint density at radius 1 is 1.75 bits per heavy atom. The Morgan fingerprint density at radius 3 is 3.08 bits per heavy atom. The summed E-state index contributed by atoms with van der Waals surface area (Å²) in [6.45, 7) is 2.32. The highest BCUT2D eigenvalue weighted by molar-refractivity contribution is 5.36. The van der Waals surface area contributed by atoms with Crippen LogP contribution in [0.4, 0.5) is 10.2 Å². The summed E-state index contributed by atoms with van der Waals surface area (Å²) in [5.41, 5.74) is 5.36. The molecule has 3 nitrogen and oxygen atoms in total. The summed E-state index contributed by atoms with van der Waals surface area (Å²) in [5, 5.41) is 2.85.